The number of rotatable bonds is 10. The molecule has 11 heteroatoms. The third kappa shape index (κ3) is 9.50. The predicted octanol–water partition coefficient (Wildman–Crippen LogP) is 6.72. The second kappa shape index (κ2) is 18.4. The molecule has 1 saturated heterocycles. The third-order valence-corrected chi connectivity index (χ3v) is 14.1. The molecule has 1 saturated carbocycles. The summed E-state index contributed by atoms with van der Waals surface area (Å²) in [6.07, 6.45) is 9.53. The van der Waals surface area contributed by atoms with Crippen LogP contribution in [0, 0.1) is 17.8 Å². The number of benzene rings is 2. The lowest BCUT2D eigenvalue weighted by Gasteiger charge is -2.52. The van der Waals surface area contributed by atoms with Crippen molar-refractivity contribution in [2.24, 2.45) is 17.8 Å². The van der Waals surface area contributed by atoms with Crippen molar-refractivity contribution in [2.75, 3.05) is 84.2 Å². The SMILES string of the molecule is CCCc1cc(Cl)ccc1C1COc2ccc3cc2N(C1)CC1CCC1C(CN1CCN(CCOCC)CC1)(OC)/C=C/CC(C)C(C)S(=O)NC3=O. The summed E-state index contributed by atoms with van der Waals surface area (Å²) >= 11 is 6.51. The Morgan fingerprint density at radius 2 is 1.83 bits per heavy atom. The monoisotopic (exact) mass is 768 g/mol. The molecule has 2 aromatic carbocycles. The zero-order valence-corrected chi connectivity index (χ0v) is 34.1. The van der Waals surface area contributed by atoms with Crippen LogP contribution in [0.15, 0.2) is 48.6 Å². The number of hydrogen-bond donors (Lipinski definition) is 1. The van der Waals surface area contributed by atoms with Gasteiger partial charge in [-0.1, -0.05) is 50.1 Å². The average molecular weight is 769 g/mol. The lowest BCUT2D eigenvalue weighted by atomic mass is 9.63. The average Bonchev–Trinajstić information content (AvgIpc) is 3.32. The highest BCUT2D eigenvalue weighted by Gasteiger charge is 2.48. The van der Waals surface area contributed by atoms with E-state index in [2.05, 4.69) is 64.5 Å². The van der Waals surface area contributed by atoms with Crippen molar-refractivity contribution in [3.05, 3.63) is 70.3 Å². The van der Waals surface area contributed by atoms with Crippen molar-refractivity contribution < 1.29 is 23.2 Å². The van der Waals surface area contributed by atoms with E-state index in [0.717, 1.165) is 114 Å². The number of amides is 1. The van der Waals surface area contributed by atoms with Crippen molar-refractivity contribution >= 4 is 34.2 Å². The Hall–Kier alpha value is -2.47. The molecule has 1 aliphatic carbocycles. The van der Waals surface area contributed by atoms with Gasteiger partial charge in [-0.2, -0.15) is 0 Å². The largest absolute Gasteiger partial charge is 0.491 e. The second-order valence-electron chi connectivity index (χ2n) is 15.7. The lowest BCUT2D eigenvalue weighted by Crippen LogP contribution is -2.58. The fourth-order valence-electron chi connectivity index (χ4n) is 8.73. The zero-order chi connectivity index (χ0) is 37.5. The number of carbonyl (C=O) groups is 1. The molecule has 3 aliphatic heterocycles. The Morgan fingerprint density at radius 3 is 2.55 bits per heavy atom. The molecular weight excluding hydrogens is 708 g/mol. The van der Waals surface area contributed by atoms with Crippen LogP contribution in [0.2, 0.25) is 5.02 Å². The highest BCUT2D eigenvalue weighted by molar-refractivity contribution is 7.84. The number of fused-ring (bicyclic) bond motifs is 2. The van der Waals surface area contributed by atoms with E-state index in [4.69, 9.17) is 25.8 Å². The molecule has 9 nitrogen and oxygen atoms in total. The number of allylic oxidation sites excluding steroid dienone is 1. The topological polar surface area (TPSA) is 83.6 Å². The summed E-state index contributed by atoms with van der Waals surface area (Å²) in [6.45, 7) is 17.8. The van der Waals surface area contributed by atoms with Gasteiger partial charge in [0.05, 0.1) is 24.2 Å². The van der Waals surface area contributed by atoms with E-state index in [0.29, 0.717) is 24.0 Å². The van der Waals surface area contributed by atoms with Crippen molar-refractivity contribution in [3.8, 4) is 5.75 Å². The first-order chi connectivity index (χ1) is 25.6. The minimum Gasteiger partial charge on any atom is -0.491 e. The summed E-state index contributed by atoms with van der Waals surface area (Å²) in [5.74, 6) is 1.36. The normalized spacial score (nSPS) is 30.8. The molecule has 7 unspecified atom stereocenters. The fraction of sp³-hybridized carbons (Fsp3) is 0.643. The molecule has 0 radical (unpaired) electrons. The van der Waals surface area contributed by atoms with Gasteiger partial charge in [-0.3, -0.25) is 19.3 Å². The first-order valence-corrected chi connectivity index (χ1v) is 21.5. The molecule has 6 rings (SSSR count). The van der Waals surface area contributed by atoms with Crippen LogP contribution in [0.4, 0.5) is 5.69 Å². The van der Waals surface area contributed by atoms with Crippen molar-refractivity contribution in [1.29, 1.82) is 0 Å². The Bertz CT molecular complexity index is 1600. The van der Waals surface area contributed by atoms with Gasteiger partial charge in [0.1, 0.15) is 22.3 Å². The number of ether oxygens (including phenoxy) is 3. The Morgan fingerprint density at radius 1 is 1.04 bits per heavy atom. The van der Waals surface area contributed by atoms with Gasteiger partial charge >= 0.3 is 0 Å². The summed E-state index contributed by atoms with van der Waals surface area (Å²) in [5.41, 5.74) is 3.49. The van der Waals surface area contributed by atoms with E-state index in [1.54, 1.807) is 6.07 Å². The van der Waals surface area contributed by atoms with Gasteiger partial charge in [0.2, 0.25) is 0 Å². The van der Waals surface area contributed by atoms with Crippen molar-refractivity contribution in [2.45, 2.75) is 76.6 Å². The maximum atomic E-state index is 13.6. The second-order valence-corrected chi connectivity index (χ2v) is 17.6. The summed E-state index contributed by atoms with van der Waals surface area (Å²) < 4.78 is 35.3. The minimum atomic E-state index is -1.55. The van der Waals surface area contributed by atoms with Crippen molar-refractivity contribution in [3.63, 3.8) is 0 Å². The van der Waals surface area contributed by atoms with E-state index in [1.807, 2.05) is 32.2 Å². The van der Waals surface area contributed by atoms with Gasteiger partial charge in [0.25, 0.3) is 5.91 Å². The molecule has 4 aliphatic rings. The zero-order valence-electron chi connectivity index (χ0n) is 32.5. The van der Waals surface area contributed by atoms with Crippen LogP contribution < -0.4 is 14.4 Å². The van der Waals surface area contributed by atoms with Crippen LogP contribution in [0.5, 0.6) is 5.75 Å². The Kier molecular flexibility index (Phi) is 14.0. The first kappa shape index (κ1) is 40.2. The number of aryl methyl sites for hydroxylation is 1. The number of carbonyl (C=O) groups excluding carboxylic acids is 1. The minimum absolute atomic E-state index is 0.0965. The third-order valence-electron chi connectivity index (χ3n) is 12.3. The van der Waals surface area contributed by atoms with Crippen LogP contribution in [0.25, 0.3) is 0 Å². The van der Waals surface area contributed by atoms with Gasteiger partial charge < -0.3 is 19.1 Å². The number of anilines is 1. The van der Waals surface area contributed by atoms with Gasteiger partial charge in [0.15, 0.2) is 0 Å². The van der Waals surface area contributed by atoms with Crippen LogP contribution in [-0.2, 0) is 26.9 Å². The van der Waals surface area contributed by atoms with Crippen LogP contribution in [0.3, 0.4) is 0 Å². The van der Waals surface area contributed by atoms with E-state index in [-0.39, 0.29) is 23.0 Å². The van der Waals surface area contributed by atoms with Crippen LogP contribution >= 0.6 is 11.6 Å². The molecule has 0 spiro atoms. The van der Waals surface area contributed by atoms with Gasteiger partial charge in [-0.25, -0.2) is 4.21 Å². The number of nitrogens with one attached hydrogen (secondary N) is 1. The molecule has 0 aromatic heterocycles. The first-order valence-electron chi connectivity index (χ1n) is 19.9. The maximum absolute atomic E-state index is 13.6. The molecule has 2 bridgehead atoms. The molecule has 2 aromatic rings. The van der Waals surface area contributed by atoms with Crippen LogP contribution in [0.1, 0.15) is 80.8 Å². The fourth-order valence-corrected chi connectivity index (χ4v) is 9.95. The molecule has 53 heavy (non-hydrogen) atoms. The Labute approximate surface area is 325 Å². The van der Waals surface area contributed by atoms with E-state index < -0.39 is 16.6 Å². The molecule has 2 fully saturated rings. The summed E-state index contributed by atoms with van der Waals surface area (Å²) in [7, 11) is 0.342. The predicted molar refractivity (Wildman–Crippen MR) is 216 cm³/mol. The Balaban J connectivity index is 1.34. The van der Waals surface area contributed by atoms with E-state index in [9.17, 15) is 9.00 Å². The van der Waals surface area contributed by atoms with Gasteiger partial charge in [0, 0.05) is 82.6 Å². The molecule has 292 valence electrons. The van der Waals surface area contributed by atoms with E-state index >= 15 is 0 Å². The number of methoxy groups -OCH3 is 1. The molecule has 3 heterocycles. The van der Waals surface area contributed by atoms with Gasteiger partial charge in [-0.15, -0.1) is 0 Å². The molecule has 1 N–H and O–H groups in total. The summed E-state index contributed by atoms with van der Waals surface area (Å²) in [6, 6.07) is 11.9. The summed E-state index contributed by atoms with van der Waals surface area (Å²) in [4.78, 5) is 21.1. The number of hydrogen-bond acceptors (Lipinski definition) is 8. The molecule has 1 amide bonds. The maximum Gasteiger partial charge on any atom is 0.263 e. The number of piperazine rings is 1. The van der Waals surface area contributed by atoms with Gasteiger partial charge in [-0.05, 0) is 98.7 Å². The van der Waals surface area contributed by atoms with Crippen molar-refractivity contribution in [1.82, 2.24) is 14.5 Å². The smallest absolute Gasteiger partial charge is 0.263 e. The van der Waals surface area contributed by atoms with Crippen LogP contribution in [-0.4, -0.2) is 110 Å². The quantitative estimate of drug-likeness (QED) is 0.211. The highest BCUT2D eigenvalue weighted by atomic mass is 35.5. The summed E-state index contributed by atoms with van der Waals surface area (Å²) in [5, 5.41) is 0.526. The standard InChI is InChI=1S/C42H61ClN4O5S/c1-6-9-32-24-36(43)13-14-37(32)35-27-47-26-34-11-15-38(34)42(50-5,29-46-20-18-45(19-21-46)22-23-51-7-2)17-8-10-30(3)31(4)53(49)44-41(48)33-12-16-40(52-28-35)39(47)25-33/h8,12-14,16-17,24-25,30-31,34-35,38H,6-7,9-11,15,18-23,26-29H2,1-5H3,(H,44,48)/b17-8+. The molecular formula is C42H61ClN4O5S. The lowest BCUT2D eigenvalue weighted by molar-refractivity contribution is -0.0957. The van der Waals surface area contributed by atoms with E-state index in [1.165, 1.54) is 11.1 Å². The number of nitrogens with zero attached hydrogens (tertiary/aromatic N) is 3. The number of halogens is 1. The molecule has 7 atom stereocenters. The highest BCUT2D eigenvalue weighted by Crippen LogP contribution is 2.47.